The van der Waals surface area contributed by atoms with Gasteiger partial charge in [-0.05, 0) is 6.92 Å². The number of nitrogens with zero attached hydrogens (tertiary/aromatic N) is 1. The number of amidine groups is 1. The fourth-order valence-electron chi connectivity index (χ4n) is 0.184. The maximum Gasteiger partial charge on any atom is 0.373 e. The molecule has 0 aliphatic heterocycles. The van der Waals surface area contributed by atoms with E-state index in [0.717, 1.165) is 0 Å². The highest BCUT2D eigenvalue weighted by Crippen LogP contribution is 1.71. The van der Waals surface area contributed by atoms with Crippen molar-refractivity contribution in [1.29, 1.82) is 5.41 Å². The maximum absolute atomic E-state index is 9.75. The molecule has 0 spiro atoms. The van der Waals surface area contributed by atoms with Crippen LogP contribution in [0.3, 0.4) is 0 Å². The molecule has 8 heavy (non-hydrogen) atoms. The molecule has 0 bridgehead atoms. The molecular weight excluding hydrogens is 108 g/mol. The Bertz CT molecular complexity index is 139. The quantitative estimate of drug-likeness (QED) is 0.347. The molecule has 0 atom stereocenters. The first-order chi connectivity index (χ1) is 3.68. The van der Waals surface area contributed by atoms with Crippen LogP contribution in [-0.4, -0.2) is 23.1 Å². The van der Waals surface area contributed by atoms with Crippen molar-refractivity contribution in [2.24, 2.45) is 4.99 Å². The summed E-state index contributed by atoms with van der Waals surface area (Å²) in [6.45, 7) is 1.55. The van der Waals surface area contributed by atoms with Gasteiger partial charge in [0.15, 0.2) is 0 Å². The van der Waals surface area contributed by atoms with E-state index in [4.69, 9.17) is 10.5 Å². The average molecular weight is 114 g/mol. The molecule has 0 aromatic carbocycles. The zero-order valence-electron chi connectivity index (χ0n) is 4.38. The van der Waals surface area contributed by atoms with Crippen LogP contribution in [0.5, 0.6) is 0 Å². The lowest BCUT2D eigenvalue weighted by molar-refractivity contribution is -0.129. The van der Waals surface area contributed by atoms with Crippen molar-refractivity contribution in [3.63, 3.8) is 0 Å². The molecule has 0 aromatic heterocycles. The summed E-state index contributed by atoms with van der Waals surface area (Å²) in [5, 5.41) is 14.5. The van der Waals surface area contributed by atoms with Gasteiger partial charge in [-0.25, -0.2) is 9.79 Å². The molecule has 0 aliphatic rings. The summed E-state index contributed by atoms with van der Waals surface area (Å²) in [6, 6.07) is 0. The molecule has 0 radical (unpaired) electrons. The minimum Gasteiger partial charge on any atom is -0.475 e. The van der Waals surface area contributed by atoms with Gasteiger partial charge in [0, 0.05) is 6.21 Å². The third kappa shape index (κ3) is 2.07. The first-order valence-corrected chi connectivity index (χ1v) is 1.99. The molecule has 0 aliphatic carbocycles. The van der Waals surface area contributed by atoms with Crippen LogP contribution in [0.15, 0.2) is 4.99 Å². The molecule has 0 saturated heterocycles. The second kappa shape index (κ2) is 2.90. The lowest BCUT2D eigenvalue weighted by atomic mass is 10.6. The second-order valence-corrected chi connectivity index (χ2v) is 1.04. The highest BCUT2D eigenvalue weighted by molar-refractivity contribution is 6.34. The minimum absolute atomic E-state index is 0.632. The van der Waals surface area contributed by atoms with Crippen LogP contribution < -0.4 is 0 Å². The van der Waals surface area contributed by atoms with Crippen LogP contribution in [0.4, 0.5) is 0 Å². The molecule has 2 N–H and O–H groups in total. The Morgan fingerprint density at radius 2 is 2.38 bits per heavy atom. The Hall–Kier alpha value is -1.19. The smallest absolute Gasteiger partial charge is 0.373 e. The molecule has 0 fully saturated rings. The molecule has 0 heterocycles. The highest BCUT2D eigenvalue weighted by Gasteiger charge is 1.99. The Balaban J connectivity index is 3.85. The molecule has 0 rings (SSSR count). The number of hydrogen-bond donors (Lipinski definition) is 2. The number of hydrogen-bond acceptors (Lipinski definition) is 2. The third-order valence-electron chi connectivity index (χ3n) is 0.461. The summed E-state index contributed by atoms with van der Waals surface area (Å²) in [5.41, 5.74) is 0. The fraction of sp³-hybridized carbons (Fsp3) is 0.250. The van der Waals surface area contributed by atoms with Crippen molar-refractivity contribution in [1.82, 2.24) is 0 Å². The monoisotopic (exact) mass is 114 g/mol. The number of carboxylic acid groups (broad SMARTS) is 1. The van der Waals surface area contributed by atoms with E-state index in [0.29, 0.717) is 0 Å². The van der Waals surface area contributed by atoms with E-state index in [1.807, 2.05) is 0 Å². The lowest BCUT2D eigenvalue weighted by Crippen LogP contribution is -2.07. The van der Waals surface area contributed by atoms with E-state index in [9.17, 15) is 4.79 Å². The van der Waals surface area contributed by atoms with Gasteiger partial charge in [0.1, 0.15) is 0 Å². The molecule has 4 heteroatoms. The van der Waals surface area contributed by atoms with E-state index in [1.54, 1.807) is 6.92 Å². The van der Waals surface area contributed by atoms with Crippen molar-refractivity contribution < 1.29 is 9.90 Å². The average Bonchev–Trinajstić information content (AvgIpc) is 1.67. The Morgan fingerprint density at radius 3 is 2.50 bits per heavy atom. The zero-order valence-corrected chi connectivity index (χ0v) is 4.38. The van der Waals surface area contributed by atoms with Gasteiger partial charge in [0.25, 0.3) is 0 Å². The van der Waals surface area contributed by atoms with E-state index in [2.05, 4.69) is 4.99 Å². The zero-order chi connectivity index (χ0) is 6.57. The summed E-state index contributed by atoms with van der Waals surface area (Å²) >= 11 is 0. The van der Waals surface area contributed by atoms with E-state index in [-0.39, 0.29) is 0 Å². The van der Waals surface area contributed by atoms with E-state index in [1.165, 1.54) is 6.21 Å². The van der Waals surface area contributed by atoms with Crippen molar-refractivity contribution >= 4 is 18.0 Å². The molecular formula is C4H6N2O2. The lowest BCUT2D eigenvalue weighted by Gasteiger charge is -1.82. The van der Waals surface area contributed by atoms with Gasteiger partial charge in [-0.2, -0.15) is 0 Å². The number of rotatable bonds is 0. The van der Waals surface area contributed by atoms with Crippen molar-refractivity contribution in [3.8, 4) is 0 Å². The fourth-order valence-corrected chi connectivity index (χ4v) is 0.184. The Labute approximate surface area is 46.4 Å². The minimum atomic E-state index is -1.30. The summed E-state index contributed by atoms with van der Waals surface area (Å²) in [7, 11) is 0. The van der Waals surface area contributed by atoms with Crippen LogP contribution >= 0.6 is 0 Å². The molecule has 0 amide bonds. The van der Waals surface area contributed by atoms with Gasteiger partial charge >= 0.3 is 5.97 Å². The van der Waals surface area contributed by atoms with Gasteiger partial charge in [-0.1, -0.05) is 0 Å². The first-order valence-electron chi connectivity index (χ1n) is 1.99. The number of carbonyl (C=O) groups is 1. The Kier molecular flexibility index (Phi) is 2.47. The number of nitrogens with one attached hydrogen (secondary N) is 1. The maximum atomic E-state index is 9.75. The second-order valence-electron chi connectivity index (χ2n) is 1.04. The van der Waals surface area contributed by atoms with E-state index >= 15 is 0 Å². The highest BCUT2D eigenvalue weighted by atomic mass is 16.4. The summed E-state index contributed by atoms with van der Waals surface area (Å²) in [4.78, 5) is 12.9. The first kappa shape index (κ1) is 6.81. The molecule has 0 aromatic rings. The largest absolute Gasteiger partial charge is 0.475 e. The van der Waals surface area contributed by atoms with E-state index < -0.39 is 11.8 Å². The van der Waals surface area contributed by atoms with Gasteiger partial charge in [0.05, 0.1) is 0 Å². The van der Waals surface area contributed by atoms with Crippen molar-refractivity contribution in [2.75, 3.05) is 0 Å². The third-order valence-corrected chi connectivity index (χ3v) is 0.461. The van der Waals surface area contributed by atoms with Crippen LogP contribution in [0.1, 0.15) is 6.92 Å². The summed E-state index contributed by atoms with van der Waals surface area (Å²) in [6.07, 6.45) is 1.26. The normalized spacial score (nSPS) is 9.62. The van der Waals surface area contributed by atoms with Gasteiger partial charge in [0.2, 0.25) is 5.84 Å². The number of carboxylic acids is 1. The summed E-state index contributed by atoms with van der Waals surface area (Å²) < 4.78 is 0. The van der Waals surface area contributed by atoms with Crippen LogP contribution in [0.2, 0.25) is 0 Å². The molecule has 0 saturated carbocycles. The van der Waals surface area contributed by atoms with Gasteiger partial charge in [-0.3, -0.25) is 5.41 Å². The van der Waals surface area contributed by atoms with Crippen LogP contribution in [0.25, 0.3) is 0 Å². The van der Waals surface area contributed by atoms with Crippen LogP contribution in [-0.2, 0) is 4.79 Å². The SMILES string of the molecule is C/C=N\C(=N)C(=O)O. The molecule has 44 valence electrons. The number of aliphatic carboxylic acids is 1. The van der Waals surface area contributed by atoms with Gasteiger partial charge in [-0.15, -0.1) is 0 Å². The predicted octanol–water partition coefficient (Wildman–Crippen LogP) is 0.139. The Morgan fingerprint density at radius 1 is 1.88 bits per heavy atom. The number of aliphatic imine (C=N–C) groups is 1. The summed E-state index contributed by atoms with van der Waals surface area (Å²) in [5.74, 6) is -1.93. The molecule has 0 unspecified atom stereocenters. The predicted molar refractivity (Wildman–Crippen MR) is 29.5 cm³/mol. The van der Waals surface area contributed by atoms with Crippen LogP contribution in [0, 0.1) is 5.41 Å². The standard InChI is InChI=1S/C4H6N2O2/c1-2-6-3(5)4(7)8/h2,5H,1H3,(H,7,8)/b5-3?,6-2-. The van der Waals surface area contributed by atoms with Crippen molar-refractivity contribution in [3.05, 3.63) is 0 Å². The van der Waals surface area contributed by atoms with Gasteiger partial charge < -0.3 is 5.11 Å². The topological polar surface area (TPSA) is 73.5 Å². The molecule has 4 nitrogen and oxygen atoms in total. The van der Waals surface area contributed by atoms with Crippen molar-refractivity contribution in [2.45, 2.75) is 6.92 Å².